The van der Waals surface area contributed by atoms with Gasteiger partial charge in [0.15, 0.2) is 0 Å². The SMILES string of the molecule is O.O.O=P([O-])([O-])OC[C@@H]1O[C@@H](COP(=O)([O-])[O-])[C@H](O)C1O.[Ba+2].[Ba+2]. The molecule has 1 aliphatic rings. The molecule has 0 saturated carbocycles. The Kier molecular flexibility index (Phi) is 20.8. The number of hydrogen-bond donors (Lipinski definition) is 2. The van der Waals surface area contributed by atoms with E-state index in [1.807, 2.05) is 0 Å². The number of hydrogen-bond acceptors (Lipinski definition) is 11. The molecule has 0 aromatic heterocycles. The first-order chi connectivity index (χ1) is 8.49. The monoisotopic (exact) mass is 632 g/mol. The van der Waals surface area contributed by atoms with Crippen molar-refractivity contribution in [2.24, 2.45) is 0 Å². The van der Waals surface area contributed by atoms with Gasteiger partial charge in [-0.2, -0.15) is 0 Å². The van der Waals surface area contributed by atoms with Crippen molar-refractivity contribution in [3.63, 3.8) is 0 Å². The topological polar surface area (TPSA) is 258 Å². The average Bonchev–Trinajstić information content (AvgIpc) is 2.49. The first kappa shape index (κ1) is 33.7. The zero-order chi connectivity index (χ0) is 14.8. The molecular weight excluding hydrogens is 617 g/mol. The molecule has 1 fully saturated rings. The summed E-state index contributed by atoms with van der Waals surface area (Å²) in [7, 11) is -10.5. The van der Waals surface area contributed by atoms with Gasteiger partial charge in [0.1, 0.15) is 24.4 Å². The molecule has 0 radical (unpaired) electrons. The second-order valence-electron chi connectivity index (χ2n) is 3.68. The van der Waals surface area contributed by atoms with E-state index in [1.165, 1.54) is 0 Å². The maximum Gasteiger partial charge on any atom is 2.00 e. The van der Waals surface area contributed by atoms with Crippen molar-refractivity contribution in [2.45, 2.75) is 24.4 Å². The molecule has 0 bridgehead atoms. The second kappa shape index (κ2) is 14.2. The van der Waals surface area contributed by atoms with E-state index in [-0.39, 0.29) is 109 Å². The Morgan fingerprint density at radius 1 is 0.826 bits per heavy atom. The Balaban J connectivity index is -0.000000451. The molecule has 1 aliphatic heterocycles. The molecule has 0 amide bonds. The summed E-state index contributed by atoms with van der Waals surface area (Å²) < 4.78 is 33.0. The number of ether oxygens (including phenoxy) is 1. The maximum atomic E-state index is 10.2. The molecule has 1 unspecified atom stereocenters. The summed E-state index contributed by atoms with van der Waals surface area (Å²) in [5, 5.41) is 18.8. The summed E-state index contributed by atoms with van der Waals surface area (Å²) in [4.78, 5) is 40.9. The third-order valence-electron chi connectivity index (χ3n) is 2.26. The molecule has 17 heteroatoms. The van der Waals surface area contributed by atoms with Gasteiger partial charge in [0.05, 0.1) is 28.9 Å². The third-order valence-corrected chi connectivity index (χ3v) is 3.19. The van der Waals surface area contributed by atoms with Crippen LogP contribution in [-0.2, 0) is 22.9 Å². The molecule has 0 aliphatic carbocycles. The van der Waals surface area contributed by atoms with Crippen LogP contribution in [0.3, 0.4) is 0 Å². The number of aliphatic hydroxyl groups is 2. The van der Waals surface area contributed by atoms with E-state index in [4.69, 9.17) is 4.74 Å². The van der Waals surface area contributed by atoms with Crippen molar-refractivity contribution >= 4 is 113 Å². The predicted octanol–water partition coefficient (Wildman–Crippen LogP) is -7.24. The van der Waals surface area contributed by atoms with E-state index in [0.717, 1.165) is 0 Å². The van der Waals surface area contributed by atoms with Crippen LogP contribution in [0.25, 0.3) is 0 Å². The predicted molar refractivity (Wildman–Crippen MR) is 66.5 cm³/mol. The van der Waals surface area contributed by atoms with Crippen molar-refractivity contribution in [2.75, 3.05) is 13.2 Å². The number of rotatable bonds is 6. The first-order valence-electron chi connectivity index (χ1n) is 4.84. The van der Waals surface area contributed by atoms with Crippen LogP contribution in [0.5, 0.6) is 0 Å². The average molecular weight is 631 g/mol. The van der Waals surface area contributed by atoms with Gasteiger partial charge in [0.2, 0.25) is 0 Å². The van der Waals surface area contributed by atoms with Crippen LogP contribution < -0.4 is 19.6 Å². The van der Waals surface area contributed by atoms with Crippen LogP contribution in [0.4, 0.5) is 0 Å². The first-order valence-corrected chi connectivity index (χ1v) is 7.76. The Bertz CT molecular complexity index is 362. The van der Waals surface area contributed by atoms with Gasteiger partial charge in [-0.05, 0) is 0 Å². The quantitative estimate of drug-likeness (QED) is 0.206. The van der Waals surface area contributed by atoms with Gasteiger partial charge in [-0.15, -0.1) is 0 Å². The minimum atomic E-state index is -5.27. The van der Waals surface area contributed by atoms with E-state index >= 15 is 0 Å². The van der Waals surface area contributed by atoms with Crippen LogP contribution in [0.2, 0.25) is 0 Å². The Hall–Kier alpha value is 3.16. The summed E-state index contributed by atoms with van der Waals surface area (Å²) in [6.07, 6.45) is -6.01. The summed E-state index contributed by atoms with van der Waals surface area (Å²) in [5.41, 5.74) is 0. The molecule has 23 heavy (non-hydrogen) atoms. The Morgan fingerprint density at radius 3 is 1.30 bits per heavy atom. The molecule has 13 nitrogen and oxygen atoms in total. The van der Waals surface area contributed by atoms with Gasteiger partial charge in [-0.3, -0.25) is 0 Å². The minimum Gasteiger partial charge on any atom is -0.790 e. The van der Waals surface area contributed by atoms with Crippen molar-refractivity contribution in [3.05, 3.63) is 0 Å². The van der Waals surface area contributed by atoms with Gasteiger partial charge in [-0.25, -0.2) is 0 Å². The fraction of sp³-hybridized carbons (Fsp3) is 1.00. The van der Waals surface area contributed by atoms with Crippen molar-refractivity contribution in [1.82, 2.24) is 0 Å². The van der Waals surface area contributed by atoms with Crippen LogP contribution >= 0.6 is 15.6 Å². The van der Waals surface area contributed by atoms with E-state index in [1.54, 1.807) is 0 Å². The molecule has 130 valence electrons. The van der Waals surface area contributed by atoms with Crippen LogP contribution in [-0.4, -0.2) is 157 Å². The van der Waals surface area contributed by atoms with Crippen LogP contribution in [0.15, 0.2) is 0 Å². The largest absolute Gasteiger partial charge is 2.00 e. The summed E-state index contributed by atoms with van der Waals surface area (Å²) in [6, 6.07) is 0. The smallest absolute Gasteiger partial charge is 0.790 e. The van der Waals surface area contributed by atoms with E-state index in [9.17, 15) is 38.9 Å². The van der Waals surface area contributed by atoms with Crippen LogP contribution in [0.1, 0.15) is 0 Å². The zero-order valence-electron chi connectivity index (χ0n) is 11.6. The van der Waals surface area contributed by atoms with Gasteiger partial charge in [-0.1, -0.05) is 0 Å². The minimum absolute atomic E-state index is 0. The van der Waals surface area contributed by atoms with Crippen LogP contribution in [0, 0.1) is 0 Å². The van der Waals surface area contributed by atoms with Gasteiger partial charge in [0.25, 0.3) is 0 Å². The Labute approximate surface area is 211 Å². The molecule has 1 heterocycles. The molecule has 0 aromatic carbocycles. The molecule has 1 saturated heterocycles. The second-order valence-corrected chi connectivity index (χ2v) is 5.99. The molecule has 1 rings (SSSR count). The number of aliphatic hydroxyl groups excluding tert-OH is 2. The number of phosphoric acid groups is 2. The van der Waals surface area contributed by atoms with Gasteiger partial charge in [0, 0.05) is 0 Å². The van der Waals surface area contributed by atoms with Crippen molar-refractivity contribution in [1.29, 1.82) is 0 Å². The van der Waals surface area contributed by atoms with Gasteiger partial charge < -0.3 is 63.7 Å². The fourth-order valence-corrected chi connectivity index (χ4v) is 2.09. The van der Waals surface area contributed by atoms with Gasteiger partial charge >= 0.3 is 97.8 Å². The standard InChI is InChI=1S/C6H14O11P2.2Ba.2H2O/c7-5-3(1-15-18(9,10)11)17-4(6(5)8)2-16-19(12,13)14;;;;/h3-8H,1-2H2,(H2,9,10,11)(H2,12,13,14);;;2*1H2/q;2*+2;;/p-4/t3-,4-,5-,6?;;;;/m0..../s1. The van der Waals surface area contributed by atoms with E-state index in [0.29, 0.717) is 0 Å². The zero-order valence-corrected chi connectivity index (χ0v) is 22.3. The fourth-order valence-electron chi connectivity index (χ4n) is 1.43. The van der Waals surface area contributed by atoms with Crippen molar-refractivity contribution in [3.8, 4) is 0 Å². The summed E-state index contributed by atoms with van der Waals surface area (Å²) in [5.74, 6) is 0. The molecule has 0 spiro atoms. The molecule has 6 N–H and O–H groups in total. The molecule has 4 atom stereocenters. The normalized spacial score (nSPS) is 27.0. The summed E-state index contributed by atoms with van der Waals surface area (Å²) >= 11 is 0. The van der Waals surface area contributed by atoms with E-state index < -0.39 is 53.3 Å². The molecule has 0 aromatic rings. The summed E-state index contributed by atoms with van der Waals surface area (Å²) in [6.45, 7) is -1.71. The maximum absolute atomic E-state index is 10.2. The van der Waals surface area contributed by atoms with Crippen molar-refractivity contribution < 1.29 is 63.7 Å². The Morgan fingerprint density at radius 2 is 1.09 bits per heavy atom. The number of phosphoric ester groups is 2. The molecular formula is C6H14Ba2O13P2. The third kappa shape index (κ3) is 13.9. The van der Waals surface area contributed by atoms with E-state index in [2.05, 4.69) is 9.05 Å².